The molecule has 2 amide bonds. The van der Waals surface area contributed by atoms with Crippen LogP contribution in [0.25, 0.3) is 11.5 Å². The maximum absolute atomic E-state index is 12.7. The SMILES string of the molecule is Cc1noc(C2CCCCN2C(=O)NCc2nnc(-c3ccccc3)o2)n1. The van der Waals surface area contributed by atoms with Crippen LogP contribution in [0.2, 0.25) is 0 Å². The molecular formula is C18H20N6O3. The van der Waals surface area contributed by atoms with Gasteiger partial charge in [-0.05, 0) is 38.3 Å². The molecular weight excluding hydrogens is 348 g/mol. The molecule has 1 atom stereocenters. The van der Waals surface area contributed by atoms with E-state index in [4.69, 9.17) is 8.94 Å². The molecule has 27 heavy (non-hydrogen) atoms. The van der Waals surface area contributed by atoms with Crippen LogP contribution in [0.5, 0.6) is 0 Å². The molecule has 9 nitrogen and oxygen atoms in total. The van der Waals surface area contributed by atoms with E-state index in [1.807, 2.05) is 30.3 Å². The number of aromatic nitrogens is 4. The van der Waals surface area contributed by atoms with Gasteiger partial charge in [0.1, 0.15) is 6.04 Å². The molecule has 1 aliphatic rings. The van der Waals surface area contributed by atoms with E-state index >= 15 is 0 Å². The van der Waals surface area contributed by atoms with E-state index in [1.54, 1.807) is 11.8 Å². The normalized spacial score (nSPS) is 17.1. The predicted molar refractivity (Wildman–Crippen MR) is 94.3 cm³/mol. The minimum atomic E-state index is -0.213. The van der Waals surface area contributed by atoms with Gasteiger partial charge < -0.3 is 19.2 Å². The van der Waals surface area contributed by atoms with Gasteiger partial charge in [-0.15, -0.1) is 10.2 Å². The minimum absolute atomic E-state index is 0.157. The first kappa shape index (κ1) is 17.2. The molecule has 3 heterocycles. The second-order valence-electron chi connectivity index (χ2n) is 6.41. The standard InChI is InChI=1S/C18H20N6O3/c1-12-20-17(27-23-12)14-9-5-6-10-24(14)18(25)19-11-15-21-22-16(26-15)13-7-3-2-4-8-13/h2-4,7-8,14H,5-6,9-11H2,1H3,(H,19,25). The molecule has 1 fully saturated rings. The van der Waals surface area contributed by atoms with Crippen LogP contribution < -0.4 is 5.32 Å². The smallest absolute Gasteiger partial charge is 0.318 e. The largest absolute Gasteiger partial charge is 0.419 e. The third kappa shape index (κ3) is 3.81. The number of hydrogen-bond donors (Lipinski definition) is 1. The molecule has 3 aromatic rings. The fourth-order valence-corrected chi connectivity index (χ4v) is 3.16. The van der Waals surface area contributed by atoms with Crippen molar-refractivity contribution in [1.82, 2.24) is 30.6 Å². The highest BCUT2D eigenvalue weighted by Crippen LogP contribution is 2.29. The van der Waals surface area contributed by atoms with Crippen molar-refractivity contribution >= 4 is 6.03 Å². The van der Waals surface area contributed by atoms with Gasteiger partial charge in [-0.3, -0.25) is 0 Å². The quantitative estimate of drug-likeness (QED) is 0.754. The lowest BCUT2D eigenvalue weighted by molar-refractivity contribution is 0.131. The first-order valence-electron chi connectivity index (χ1n) is 8.93. The summed E-state index contributed by atoms with van der Waals surface area (Å²) >= 11 is 0. The van der Waals surface area contributed by atoms with Crippen LogP contribution in [-0.2, 0) is 6.54 Å². The maximum atomic E-state index is 12.7. The Morgan fingerprint density at radius 1 is 1.26 bits per heavy atom. The van der Waals surface area contributed by atoms with E-state index in [9.17, 15) is 4.79 Å². The molecule has 0 saturated carbocycles. The molecule has 9 heteroatoms. The number of rotatable bonds is 4. The van der Waals surface area contributed by atoms with Gasteiger partial charge in [0.2, 0.25) is 17.7 Å². The summed E-state index contributed by atoms with van der Waals surface area (Å²) in [6.45, 7) is 2.56. The van der Waals surface area contributed by atoms with Crippen LogP contribution in [0.1, 0.15) is 42.9 Å². The first-order valence-corrected chi connectivity index (χ1v) is 8.93. The van der Waals surface area contributed by atoms with Crippen molar-refractivity contribution in [3.8, 4) is 11.5 Å². The van der Waals surface area contributed by atoms with E-state index in [-0.39, 0.29) is 18.6 Å². The van der Waals surface area contributed by atoms with Crippen molar-refractivity contribution in [3.05, 3.63) is 47.9 Å². The summed E-state index contributed by atoms with van der Waals surface area (Å²) < 4.78 is 10.9. The number of nitrogens with one attached hydrogen (secondary N) is 1. The maximum Gasteiger partial charge on any atom is 0.318 e. The van der Waals surface area contributed by atoms with Gasteiger partial charge in [0.15, 0.2) is 5.82 Å². The van der Waals surface area contributed by atoms with Gasteiger partial charge in [0.05, 0.1) is 6.54 Å². The van der Waals surface area contributed by atoms with E-state index in [0.29, 0.717) is 30.0 Å². The zero-order valence-electron chi connectivity index (χ0n) is 15.0. The van der Waals surface area contributed by atoms with Crippen molar-refractivity contribution in [1.29, 1.82) is 0 Å². The number of hydrogen-bond acceptors (Lipinski definition) is 7. The summed E-state index contributed by atoms with van der Waals surface area (Å²) in [5, 5.41) is 14.7. The molecule has 1 aliphatic heterocycles. The van der Waals surface area contributed by atoms with E-state index in [0.717, 1.165) is 24.8 Å². The Morgan fingerprint density at radius 2 is 2.11 bits per heavy atom. The van der Waals surface area contributed by atoms with Crippen molar-refractivity contribution < 1.29 is 13.7 Å². The summed E-state index contributed by atoms with van der Waals surface area (Å²) in [7, 11) is 0. The summed E-state index contributed by atoms with van der Waals surface area (Å²) in [6, 6.07) is 9.08. The summed E-state index contributed by atoms with van der Waals surface area (Å²) in [5.41, 5.74) is 0.838. The number of aryl methyl sites for hydroxylation is 1. The molecule has 4 rings (SSSR count). The molecule has 1 N–H and O–H groups in total. The highest BCUT2D eigenvalue weighted by Gasteiger charge is 2.32. The van der Waals surface area contributed by atoms with Crippen LogP contribution in [0.15, 0.2) is 39.3 Å². The van der Waals surface area contributed by atoms with Gasteiger partial charge in [-0.1, -0.05) is 23.4 Å². The number of amides is 2. The van der Waals surface area contributed by atoms with Crippen LogP contribution in [0.4, 0.5) is 4.79 Å². The molecule has 140 valence electrons. The Morgan fingerprint density at radius 3 is 2.89 bits per heavy atom. The monoisotopic (exact) mass is 368 g/mol. The fourth-order valence-electron chi connectivity index (χ4n) is 3.16. The third-order valence-corrected chi connectivity index (χ3v) is 4.47. The number of nitrogens with zero attached hydrogens (tertiary/aromatic N) is 5. The number of carbonyl (C=O) groups is 1. The van der Waals surface area contributed by atoms with Gasteiger partial charge in [-0.2, -0.15) is 4.98 Å². The predicted octanol–water partition coefficient (Wildman–Crippen LogP) is 2.86. The summed E-state index contributed by atoms with van der Waals surface area (Å²) in [4.78, 5) is 18.7. The Bertz CT molecular complexity index is 907. The Kier molecular flexibility index (Phi) is 4.82. The molecule has 0 radical (unpaired) electrons. The molecule has 0 bridgehead atoms. The van der Waals surface area contributed by atoms with E-state index < -0.39 is 0 Å². The number of benzene rings is 1. The van der Waals surface area contributed by atoms with Crippen LogP contribution in [-0.4, -0.2) is 37.8 Å². The van der Waals surface area contributed by atoms with Crippen molar-refractivity contribution in [2.45, 2.75) is 38.8 Å². The lowest BCUT2D eigenvalue weighted by atomic mass is 10.0. The molecule has 1 unspecified atom stereocenters. The Balaban J connectivity index is 1.40. The highest BCUT2D eigenvalue weighted by molar-refractivity contribution is 5.74. The Labute approximate surface area is 155 Å². The highest BCUT2D eigenvalue weighted by atomic mass is 16.5. The molecule has 0 spiro atoms. The molecule has 2 aromatic heterocycles. The lowest BCUT2D eigenvalue weighted by Crippen LogP contribution is -2.44. The third-order valence-electron chi connectivity index (χ3n) is 4.47. The zero-order chi connectivity index (χ0) is 18.6. The second kappa shape index (κ2) is 7.56. The Hall–Kier alpha value is -3.23. The molecule has 1 saturated heterocycles. The van der Waals surface area contributed by atoms with Gasteiger partial charge >= 0.3 is 6.03 Å². The summed E-state index contributed by atoms with van der Waals surface area (Å²) in [6.07, 6.45) is 2.75. The zero-order valence-corrected chi connectivity index (χ0v) is 15.0. The average molecular weight is 368 g/mol. The summed E-state index contributed by atoms with van der Waals surface area (Å²) in [5.74, 6) is 1.82. The second-order valence-corrected chi connectivity index (χ2v) is 6.41. The van der Waals surface area contributed by atoms with Crippen molar-refractivity contribution in [2.24, 2.45) is 0 Å². The number of carbonyl (C=O) groups excluding carboxylic acids is 1. The first-order chi connectivity index (χ1) is 13.2. The van der Waals surface area contributed by atoms with Gasteiger partial charge in [0, 0.05) is 12.1 Å². The van der Waals surface area contributed by atoms with Crippen molar-refractivity contribution in [3.63, 3.8) is 0 Å². The van der Waals surface area contributed by atoms with Crippen molar-refractivity contribution in [2.75, 3.05) is 6.54 Å². The van der Waals surface area contributed by atoms with Crippen LogP contribution in [0.3, 0.4) is 0 Å². The average Bonchev–Trinajstić information content (AvgIpc) is 3.36. The minimum Gasteiger partial charge on any atom is -0.419 e. The van der Waals surface area contributed by atoms with E-state index in [1.165, 1.54) is 0 Å². The fraction of sp³-hybridized carbons (Fsp3) is 0.389. The lowest BCUT2D eigenvalue weighted by Gasteiger charge is -2.33. The van der Waals surface area contributed by atoms with Crippen LogP contribution in [0, 0.1) is 6.92 Å². The number of likely N-dealkylation sites (tertiary alicyclic amines) is 1. The molecule has 1 aromatic carbocycles. The molecule has 0 aliphatic carbocycles. The topological polar surface area (TPSA) is 110 Å². The van der Waals surface area contributed by atoms with E-state index in [2.05, 4.69) is 25.7 Å². The van der Waals surface area contributed by atoms with Gasteiger partial charge in [-0.25, -0.2) is 4.79 Å². The van der Waals surface area contributed by atoms with Crippen LogP contribution >= 0.6 is 0 Å². The number of piperidine rings is 1. The van der Waals surface area contributed by atoms with Gasteiger partial charge in [0.25, 0.3) is 0 Å². The number of urea groups is 1.